The Morgan fingerprint density at radius 2 is 2.00 bits per heavy atom. The van der Waals surface area contributed by atoms with E-state index in [0.29, 0.717) is 11.7 Å². The van der Waals surface area contributed by atoms with E-state index in [1.54, 1.807) is 0 Å². The van der Waals surface area contributed by atoms with E-state index >= 15 is 0 Å². The number of rotatable bonds is 7. The highest BCUT2D eigenvalue weighted by atomic mass is 32.2. The summed E-state index contributed by atoms with van der Waals surface area (Å²) >= 11 is 0. The predicted molar refractivity (Wildman–Crippen MR) is 73.0 cm³/mol. The third kappa shape index (κ3) is 5.38. The Labute approximate surface area is 106 Å². The van der Waals surface area contributed by atoms with Crippen molar-refractivity contribution in [2.45, 2.75) is 57.6 Å². The van der Waals surface area contributed by atoms with Crippen molar-refractivity contribution in [2.24, 2.45) is 5.92 Å². The van der Waals surface area contributed by atoms with Crippen molar-refractivity contribution in [3.8, 4) is 0 Å². The summed E-state index contributed by atoms with van der Waals surface area (Å²) in [4.78, 5) is 0. The third-order valence-corrected chi connectivity index (χ3v) is 5.91. The molecule has 0 heterocycles. The summed E-state index contributed by atoms with van der Waals surface area (Å²) < 4.78 is 24.3. The Bertz CT molecular complexity index is 301. The van der Waals surface area contributed by atoms with Crippen molar-refractivity contribution in [3.05, 3.63) is 0 Å². The summed E-state index contributed by atoms with van der Waals surface area (Å²) in [7, 11) is -2.84. The van der Waals surface area contributed by atoms with Gasteiger partial charge in [0.1, 0.15) is 0 Å². The van der Waals surface area contributed by atoms with Crippen molar-refractivity contribution in [2.75, 3.05) is 18.8 Å². The van der Waals surface area contributed by atoms with Gasteiger partial charge in [-0.2, -0.15) is 0 Å². The largest absolute Gasteiger partial charge is 0.317 e. The Morgan fingerprint density at radius 3 is 2.65 bits per heavy atom. The zero-order valence-corrected chi connectivity index (χ0v) is 12.1. The molecule has 0 aromatic rings. The highest BCUT2D eigenvalue weighted by Gasteiger charge is 2.29. The molecule has 0 spiro atoms. The lowest BCUT2D eigenvalue weighted by Gasteiger charge is -2.26. The van der Waals surface area contributed by atoms with Gasteiger partial charge in [0.25, 0.3) is 0 Å². The molecule has 102 valence electrons. The van der Waals surface area contributed by atoms with Gasteiger partial charge < -0.3 is 5.32 Å². The van der Waals surface area contributed by atoms with Crippen LogP contribution in [-0.2, 0) is 9.84 Å². The van der Waals surface area contributed by atoms with Gasteiger partial charge in [0.15, 0.2) is 9.84 Å². The van der Waals surface area contributed by atoms with Gasteiger partial charge in [0, 0.05) is 0 Å². The standard InChI is InChI=1S/C13H27NO2S/c1-3-8-14-9-5-10-17(15,16)13-7-4-6-12(2)11-13/h12-14H,3-11H2,1-2H3. The van der Waals surface area contributed by atoms with Gasteiger partial charge in [0.2, 0.25) is 0 Å². The monoisotopic (exact) mass is 261 g/mol. The Hall–Kier alpha value is -0.0900. The van der Waals surface area contributed by atoms with Crippen LogP contribution in [0.25, 0.3) is 0 Å². The van der Waals surface area contributed by atoms with E-state index in [9.17, 15) is 8.42 Å². The van der Waals surface area contributed by atoms with Crippen LogP contribution in [0.3, 0.4) is 0 Å². The van der Waals surface area contributed by atoms with E-state index < -0.39 is 9.84 Å². The molecule has 1 aliphatic rings. The molecule has 2 unspecified atom stereocenters. The molecule has 1 N–H and O–H groups in total. The molecule has 1 aliphatic carbocycles. The van der Waals surface area contributed by atoms with E-state index in [1.165, 1.54) is 6.42 Å². The zero-order chi connectivity index (χ0) is 12.7. The average molecular weight is 261 g/mol. The summed E-state index contributed by atoms with van der Waals surface area (Å²) in [5, 5.41) is 3.20. The quantitative estimate of drug-likeness (QED) is 0.716. The van der Waals surface area contributed by atoms with Gasteiger partial charge in [-0.1, -0.05) is 26.7 Å². The number of nitrogens with one attached hydrogen (secondary N) is 1. The summed E-state index contributed by atoms with van der Waals surface area (Å²) in [5.41, 5.74) is 0. The smallest absolute Gasteiger partial charge is 0.153 e. The summed E-state index contributed by atoms with van der Waals surface area (Å²) in [6.45, 7) is 6.10. The van der Waals surface area contributed by atoms with Crippen molar-refractivity contribution >= 4 is 9.84 Å². The molecule has 0 amide bonds. The van der Waals surface area contributed by atoms with Crippen LogP contribution in [0.15, 0.2) is 0 Å². The van der Waals surface area contributed by atoms with E-state index in [0.717, 1.165) is 45.2 Å². The lowest BCUT2D eigenvalue weighted by molar-refractivity contribution is 0.381. The average Bonchev–Trinajstić information content (AvgIpc) is 2.29. The molecule has 4 heteroatoms. The molecule has 0 bridgehead atoms. The fourth-order valence-electron chi connectivity index (χ4n) is 2.57. The summed E-state index contributed by atoms with van der Waals surface area (Å²) in [5.74, 6) is 0.947. The molecule has 0 aliphatic heterocycles. The van der Waals surface area contributed by atoms with E-state index in [2.05, 4.69) is 19.2 Å². The van der Waals surface area contributed by atoms with Crippen molar-refractivity contribution in [1.82, 2.24) is 5.32 Å². The van der Waals surface area contributed by atoms with Crippen molar-refractivity contribution in [3.63, 3.8) is 0 Å². The first kappa shape index (κ1) is 15.0. The molecular formula is C13H27NO2S. The highest BCUT2D eigenvalue weighted by molar-refractivity contribution is 7.92. The van der Waals surface area contributed by atoms with Crippen LogP contribution in [-0.4, -0.2) is 32.5 Å². The van der Waals surface area contributed by atoms with Crippen LogP contribution >= 0.6 is 0 Å². The second-order valence-electron chi connectivity index (χ2n) is 5.36. The van der Waals surface area contributed by atoms with Crippen molar-refractivity contribution in [1.29, 1.82) is 0 Å². The maximum Gasteiger partial charge on any atom is 0.153 e. The number of hydrogen-bond acceptors (Lipinski definition) is 3. The second kappa shape index (κ2) is 7.37. The van der Waals surface area contributed by atoms with E-state index in [1.807, 2.05) is 0 Å². The molecule has 17 heavy (non-hydrogen) atoms. The van der Waals surface area contributed by atoms with Gasteiger partial charge in [-0.05, 0) is 44.7 Å². The van der Waals surface area contributed by atoms with E-state index in [-0.39, 0.29) is 5.25 Å². The fraction of sp³-hybridized carbons (Fsp3) is 1.00. The number of hydrogen-bond donors (Lipinski definition) is 1. The van der Waals surface area contributed by atoms with Gasteiger partial charge in [-0.3, -0.25) is 0 Å². The van der Waals surface area contributed by atoms with Gasteiger partial charge >= 0.3 is 0 Å². The van der Waals surface area contributed by atoms with E-state index in [4.69, 9.17) is 0 Å². The predicted octanol–water partition coefficient (Wildman–Crippen LogP) is 2.37. The molecule has 1 rings (SSSR count). The van der Waals surface area contributed by atoms with Crippen LogP contribution in [0, 0.1) is 5.92 Å². The van der Waals surface area contributed by atoms with Crippen LogP contribution in [0.2, 0.25) is 0 Å². The van der Waals surface area contributed by atoms with Crippen LogP contribution in [0.1, 0.15) is 52.4 Å². The lowest BCUT2D eigenvalue weighted by Crippen LogP contribution is -2.30. The summed E-state index contributed by atoms with van der Waals surface area (Å²) in [6, 6.07) is 0. The normalized spacial score (nSPS) is 26.0. The van der Waals surface area contributed by atoms with Gasteiger partial charge in [0.05, 0.1) is 11.0 Å². The zero-order valence-electron chi connectivity index (χ0n) is 11.2. The molecule has 0 saturated heterocycles. The molecular weight excluding hydrogens is 234 g/mol. The molecule has 0 radical (unpaired) electrons. The van der Waals surface area contributed by atoms with Crippen LogP contribution in [0.5, 0.6) is 0 Å². The van der Waals surface area contributed by atoms with Gasteiger partial charge in [-0.25, -0.2) is 8.42 Å². The summed E-state index contributed by atoms with van der Waals surface area (Å²) in [6.07, 6.45) is 5.91. The molecule has 3 nitrogen and oxygen atoms in total. The molecule has 2 atom stereocenters. The fourth-order valence-corrected chi connectivity index (χ4v) is 4.60. The maximum absolute atomic E-state index is 12.1. The van der Waals surface area contributed by atoms with Gasteiger partial charge in [-0.15, -0.1) is 0 Å². The number of sulfone groups is 1. The van der Waals surface area contributed by atoms with Crippen molar-refractivity contribution < 1.29 is 8.42 Å². The topological polar surface area (TPSA) is 46.2 Å². The second-order valence-corrected chi connectivity index (χ2v) is 7.76. The minimum atomic E-state index is -2.84. The first-order valence-electron chi connectivity index (χ1n) is 6.98. The minimum absolute atomic E-state index is 0.0579. The molecule has 1 fully saturated rings. The molecule has 0 aromatic heterocycles. The van der Waals surface area contributed by atoms with Crippen LogP contribution < -0.4 is 5.32 Å². The Balaban J connectivity index is 2.29. The maximum atomic E-state index is 12.1. The molecule has 0 aromatic carbocycles. The first-order valence-corrected chi connectivity index (χ1v) is 8.70. The van der Waals surface area contributed by atoms with Crippen LogP contribution in [0.4, 0.5) is 0 Å². The first-order chi connectivity index (χ1) is 8.06. The Morgan fingerprint density at radius 1 is 1.24 bits per heavy atom. The third-order valence-electron chi connectivity index (χ3n) is 3.61. The minimum Gasteiger partial charge on any atom is -0.317 e. The Kier molecular flexibility index (Phi) is 6.49. The lowest BCUT2D eigenvalue weighted by atomic mass is 9.91. The molecule has 1 saturated carbocycles. The highest BCUT2D eigenvalue weighted by Crippen LogP contribution is 2.28. The SMILES string of the molecule is CCCNCCCS(=O)(=O)C1CCCC(C)C1.